The van der Waals surface area contributed by atoms with E-state index in [0.717, 1.165) is 21.6 Å². The van der Waals surface area contributed by atoms with E-state index < -0.39 is 5.97 Å². The summed E-state index contributed by atoms with van der Waals surface area (Å²) in [6.07, 6.45) is 3.15. The first-order valence-electron chi connectivity index (χ1n) is 9.16. The number of thioether (sulfide) groups is 1. The van der Waals surface area contributed by atoms with E-state index >= 15 is 0 Å². The van der Waals surface area contributed by atoms with E-state index in [1.54, 1.807) is 24.4 Å². The molecule has 0 spiro atoms. The molecule has 0 radical (unpaired) electrons. The number of hydrogen-bond acceptors (Lipinski definition) is 7. The summed E-state index contributed by atoms with van der Waals surface area (Å²) in [5.74, 6) is -1.21. The molecule has 0 saturated carbocycles. The number of carbonyl (C=O) groups is 2. The van der Waals surface area contributed by atoms with E-state index in [1.165, 1.54) is 25.2 Å². The Hall–Kier alpha value is -2.95. The lowest BCUT2D eigenvalue weighted by molar-refractivity contribution is -0.113. The summed E-state index contributed by atoms with van der Waals surface area (Å²) < 4.78 is 11.6. The number of aromatic carboxylic acids is 1. The highest BCUT2D eigenvalue weighted by molar-refractivity contribution is 9.10. The maximum Gasteiger partial charge on any atom is 0.340 e. The summed E-state index contributed by atoms with van der Waals surface area (Å²) in [4.78, 5) is 31.4. The third-order valence-electron chi connectivity index (χ3n) is 4.81. The Morgan fingerprint density at radius 2 is 2.00 bits per heavy atom. The molecule has 1 aliphatic rings. The molecule has 1 aliphatic heterocycles. The normalized spacial score (nSPS) is 15.0. The van der Waals surface area contributed by atoms with Gasteiger partial charge in [0.25, 0.3) is 5.91 Å². The second-order valence-electron chi connectivity index (χ2n) is 6.55. The van der Waals surface area contributed by atoms with Crippen LogP contribution in [-0.2, 0) is 4.79 Å². The van der Waals surface area contributed by atoms with Gasteiger partial charge >= 0.3 is 5.97 Å². The fourth-order valence-electron chi connectivity index (χ4n) is 3.40. The number of aromatic nitrogens is 1. The zero-order chi connectivity index (χ0) is 23.0. The molecule has 0 unspecified atom stereocenters. The number of ether oxygens (including phenoxy) is 2. The molecule has 1 N–H and O–H groups in total. The number of carboxylic acids is 1. The molecule has 0 atom stereocenters. The first kappa shape index (κ1) is 22.3. The maximum absolute atomic E-state index is 13.3. The predicted octanol–water partition coefficient (Wildman–Crippen LogP) is 5.12. The van der Waals surface area contributed by atoms with Gasteiger partial charge in [-0.3, -0.25) is 14.7 Å². The third-order valence-corrected chi connectivity index (χ3v) is 6.80. The van der Waals surface area contributed by atoms with Crippen molar-refractivity contribution in [2.75, 3.05) is 19.1 Å². The summed E-state index contributed by atoms with van der Waals surface area (Å²) in [5.41, 5.74) is 1.37. The molecule has 32 heavy (non-hydrogen) atoms. The molecule has 1 fully saturated rings. The van der Waals surface area contributed by atoms with Crippen LogP contribution in [0.1, 0.15) is 15.9 Å². The number of hydrogen-bond donors (Lipinski definition) is 1. The molecule has 2 heterocycles. The second-order valence-corrected chi connectivity index (χ2v) is 9.08. The van der Waals surface area contributed by atoms with Gasteiger partial charge in [0.1, 0.15) is 5.56 Å². The SMILES string of the molecule is COc1ccc(/C=C2\SC(=S)N(c3ccc(Br)c4cccnc34)C2=O)c(C(=O)O)c1OC. The molecular formula is C22H15BrN2O5S2. The lowest BCUT2D eigenvalue weighted by Gasteiger charge is -2.17. The largest absolute Gasteiger partial charge is 0.493 e. The van der Waals surface area contributed by atoms with Gasteiger partial charge in [0.05, 0.1) is 30.3 Å². The van der Waals surface area contributed by atoms with Crippen LogP contribution in [-0.4, -0.2) is 40.5 Å². The number of carboxylic acid groups (broad SMARTS) is 1. The molecule has 2 aromatic carbocycles. The van der Waals surface area contributed by atoms with Gasteiger partial charge in [-0.25, -0.2) is 4.79 Å². The molecule has 162 valence electrons. The van der Waals surface area contributed by atoms with Crippen LogP contribution in [0.5, 0.6) is 11.5 Å². The molecule has 3 aromatic rings. The minimum atomic E-state index is -1.20. The highest BCUT2D eigenvalue weighted by Crippen LogP contribution is 2.41. The summed E-state index contributed by atoms with van der Waals surface area (Å²) >= 11 is 10.1. The maximum atomic E-state index is 13.3. The van der Waals surface area contributed by atoms with E-state index in [4.69, 9.17) is 21.7 Å². The number of anilines is 1. The first-order chi connectivity index (χ1) is 15.4. The predicted molar refractivity (Wildman–Crippen MR) is 132 cm³/mol. The molecule has 4 rings (SSSR count). The van der Waals surface area contributed by atoms with Crippen molar-refractivity contribution in [1.29, 1.82) is 0 Å². The smallest absolute Gasteiger partial charge is 0.340 e. The number of nitrogens with zero attached hydrogens (tertiary/aromatic N) is 2. The van der Waals surface area contributed by atoms with Crippen molar-refractivity contribution in [2.45, 2.75) is 0 Å². The number of fused-ring (bicyclic) bond motifs is 1. The van der Waals surface area contributed by atoms with E-state index in [-0.39, 0.29) is 27.9 Å². The van der Waals surface area contributed by atoms with E-state index in [0.29, 0.717) is 21.1 Å². The lowest BCUT2D eigenvalue weighted by Crippen LogP contribution is -2.27. The van der Waals surface area contributed by atoms with Crippen molar-refractivity contribution in [1.82, 2.24) is 4.98 Å². The van der Waals surface area contributed by atoms with Gasteiger partial charge < -0.3 is 14.6 Å². The quantitative estimate of drug-likeness (QED) is 0.359. The van der Waals surface area contributed by atoms with E-state index in [1.807, 2.05) is 18.2 Å². The van der Waals surface area contributed by atoms with Crippen LogP contribution < -0.4 is 14.4 Å². The lowest BCUT2D eigenvalue weighted by atomic mass is 10.0. The average Bonchev–Trinajstić information content (AvgIpc) is 3.06. The van der Waals surface area contributed by atoms with Crippen molar-refractivity contribution >= 4 is 78.8 Å². The van der Waals surface area contributed by atoms with Gasteiger partial charge in [-0.15, -0.1) is 0 Å². The van der Waals surface area contributed by atoms with Gasteiger partial charge in [-0.2, -0.15) is 0 Å². The number of thiocarbonyl (C=S) groups is 1. The van der Waals surface area contributed by atoms with Gasteiger partial charge in [-0.05, 0) is 35.9 Å². The summed E-state index contributed by atoms with van der Waals surface area (Å²) in [7, 11) is 2.78. The van der Waals surface area contributed by atoms with E-state index in [2.05, 4.69) is 20.9 Å². The Kier molecular flexibility index (Phi) is 6.18. The number of pyridine rings is 1. The minimum absolute atomic E-state index is 0.0762. The number of carbonyl (C=O) groups excluding carboxylic acids is 1. The zero-order valence-corrected chi connectivity index (χ0v) is 20.0. The summed E-state index contributed by atoms with van der Waals surface area (Å²) in [6, 6.07) is 10.5. The molecule has 1 saturated heterocycles. The van der Waals surface area contributed by atoms with Crippen molar-refractivity contribution in [3.63, 3.8) is 0 Å². The van der Waals surface area contributed by atoms with Gasteiger partial charge in [0.2, 0.25) is 0 Å². The number of benzene rings is 2. The van der Waals surface area contributed by atoms with Crippen molar-refractivity contribution in [3.05, 3.63) is 63.1 Å². The summed E-state index contributed by atoms with van der Waals surface area (Å²) in [5, 5.41) is 10.6. The molecular weight excluding hydrogens is 516 g/mol. The van der Waals surface area contributed by atoms with Crippen molar-refractivity contribution in [2.24, 2.45) is 0 Å². The fourth-order valence-corrected chi connectivity index (χ4v) is 5.13. The number of halogens is 1. The Balaban J connectivity index is 1.82. The van der Waals surface area contributed by atoms with Gasteiger partial charge in [0, 0.05) is 16.1 Å². The van der Waals surface area contributed by atoms with Crippen LogP contribution in [0.15, 0.2) is 52.0 Å². The average molecular weight is 531 g/mol. The Bertz CT molecular complexity index is 1330. The van der Waals surface area contributed by atoms with E-state index in [9.17, 15) is 14.7 Å². The first-order valence-corrected chi connectivity index (χ1v) is 11.2. The van der Waals surface area contributed by atoms with Crippen LogP contribution in [0.3, 0.4) is 0 Å². The van der Waals surface area contributed by atoms with Crippen LogP contribution in [0, 0.1) is 0 Å². The molecule has 7 nitrogen and oxygen atoms in total. The Morgan fingerprint density at radius 1 is 1.22 bits per heavy atom. The standard InChI is InChI=1S/C22H15BrN2O5S2/c1-29-15-8-5-11(17(21(27)28)19(15)30-2)10-16-20(26)25(22(31)32-16)14-7-6-13(23)12-4-3-9-24-18(12)14/h3-10H,1-2H3,(H,27,28)/b16-10-. The molecule has 0 bridgehead atoms. The van der Waals surface area contributed by atoms with Crippen LogP contribution in [0.2, 0.25) is 0 Å². The molecule has 10 heteroatoms. The number of methoxy groups -OCH3 is 2. The zero-order valence-electron chi connectivity index (χ0n) is 16.8. The van der Waals surface area contributed by atoms with Gasteiger partial charge in [-0.1, -0.05) is 52.0 Å². The Morgan fingerprint density at radius 3 is 2.69 bits per heavy atom. The van der Waals surface area contributed by atoms with Crippen LogP contribution >= 0.6 is 39.9 Å². The van der Waals surface area contributed by atoms with Crippen molar-refractivity contribution in [3.8, 4) is 11.5 Å². The van der Waals surface area contributed by atoms with Gasteiger partial charge in [0.15, 0.2) is 15.8 Å². The third kappa shape index (κ3) is 3.74. The molecule has 1 aromatic heterocycles. The van der Waals surface area contributed by atoms with Crippen LogP contribution in [0.4, 0.5) is 5.69 Å². The number of amides is 1. The molecule has 1 amide bonds. The highest BCUT2D eigenvalue weighted by Gasteiger charge is 2.35. The number of rotatable bonds is 5. The minimum Gasteiger partial charge on any atom is -0.493 e. The molecule has 0 aliphatic carbocycles. The van der Waals surface area contributed by atoms with Crippen molar-refractivity contribution < 1.29 is 24.2 Å². The summed E-state index contributed by atoms with van der Waals surface area (Å²) in [6.45, 7) is 0. The Labute approximate surface area is 201 Å². The highest BCUT2D eigenvalue weighted by atomic mass is 79.9. The topological polar surface area (TPSA) is 89.0 Å². The fraction of sp³-hybridized carbons (Fsp3) is 0.0909. The second kappa shape index (κ2) is 8.89. The van der Waals surface area contributed by atoms with Crippen LogP contribution in [0.25, 0.3) is 17.0 Å². The monoisotopic (exact) mass is 530 g/mol.